The fourth-order valence-corrected chi connectivity index (χ4v) is 4.04. The molecule has 0 radical (unpaired) electrons. The van der Waals surface area contributed by atoms with E-state index in [1.54, 1.807) is 0 Å². The number of likely N-dealkylation sites (tertiary alicyclic amines) is 1. The molecule has 3 aliphatic heterocycles. The number of benzene rings is 1. The molecule has 0 spiro atoms. The molecule has 1 aromatic carbocycles. The van der Waals surface area contributed by atoms with E-state index in [1.807, 2.05) is 23.1 Å². The second-order valence-corrected chi connectivity index (χ2v) is 7.18. The highest BCUT2D eigenvalue weighted by Gasteiger charge is 2.36. The number of nitrogens with zero attached hydrogens (tertiary/aromatic N) is 2. The highest BCUT2D eigenvalue weighted by atomic mass is 16.7. The van der Waals surface area contributed by atoms with E-state index in [2.05, 4.69) is 11.8 Å². The minimum Gasteiger partial charge on any atom is -0.454 e. The molecule has 2 fully saturated rings. The van der Waals surface area contributed by atoms with E-state index in [1.165, 1.54) is 0 Å². The molecule has 0 aromatic heterocycles. The third-order valence-electron chi connectivity index (χ3n) is 5.50. The van der Waals surface area contributed by atoms with Gasteiger partial charge in [-0.2, -0.15) is 0 Å². The van der Waals surface area contributed by atoms with Gasteiger partial charge in [0.15, 0.2) is 11.5 Å². The van der Waals surface area contributed by atoms with E-state index in [9.17, 15) is 4.79 Å². The molecule has 25 heavy (non-hydrogen) atoms. The number of fused-ring (bicyclic) bond motifs is 1. The Bertz CT molecular complexity index is 630. The summed E-state index contributed by atoms with van der Waals surface area (Å²) in [4.78, 5) is 17.2. The molecule has 0 saturated carbocycles. The maximum atomic E-state index is 12.7. The van der Waals surface area contributed by atoms with Gasteiger partial charge in [-0.3, -0.25) is 9.69 Å². The average Bonchev–Trinajstić information content (AvgIpc) is 3.26. The van der Waals surface area contributed by atoms with Crippen LogP contribution in [0.1, 0.15) is 18.9 Å². The molecule has 1 aromatic rings. The molecule has 136 valence electrons. The largest absolute Gasteiger partial charge is 0.454 e. The van der Waals surface area contributed by atoms with Crippen molar-refractivity contribution in [2.75, 3.05) is 46.2 Å². The van der Waals surface area contributed by atoms with Crippen LogP contribution >= 0.6 is 0 Å². The monoisotopic (exact) mass is 346 g/mol. The molecule has 3 aliphatic rings. The summed E-state index contributed by atoms with van der Waals surface area (Å²) in [6, 6.07) is 6.40. The Morgan fingerprint density at radius 1 is 1.16 bits per heavy atom. The minimum atomic E-state index is 0.250. The second kappa shape index (κ2) is 7.22. The first-order chi connectivity index (χ1) is 12.2. The van der Waals surface area contributed by atoms with Crippen molar-refractivity contribution in [1.29, 1.82) is 0 Å². The topological polar surface area (TPSA) is 51.2 Å². The summed E-state index contributed by atoms with van der Waals surface area (Å²) in [5, 5.41) is 0. The summed E-state index contributed by atoms with van der Waals surface area (Å²) < 4.78 is 16.2. The average molecular weight is 346 g/mol. The number of aryl methyl sites for hydroxylation is 1. The van der Waals surface area contributed by atoms with Crippen molar-refractivity contribution in [2.24, 2.45) is 5.92 Å². The third-order valence-corrected chi connectivity index (χ3v) is 5.50. The standard InChI is InChI=1S/C19H26N2O4/c1-14-11-21(12-16(14)20-6-8-23-9-7-20)19(22)5-3-15-2-4-17-18(10-15)25-13-24-17/h2,4,10,14,16H,3,5-9,11-13H2,1H3. The first-order valence-electron chi connectivity index (χ1n) is 9.19. The summed E-state index contributed by atoms with van der Waals surface area (Å²) in [6.07, 6.45) is 1.28. The Hall–Kier alpha value is -1.79. The molecule has 2 atom stereocenters. The summed E-state index contributed by atoms with van der Waals surface area (Å²) in [5.74, 6) is 2.34. The lowest BCUT2D eigenvalue weighted by Crippen LogP contribution is -2.47. The summed E-state index contributed by atoms with van der Waals surface area (Å²) in [5.41, 5.74) is 1.12. The number of morpholine rings is 1. The van der Waals surface area contributed by atoms with Crippen LogP contribution in [0, 0.1) is 5.92 Å². The van der Waals surface area contributed by atoms with E-state index >= 15 is 0 Å². The minimum absolute atomic E-state index is 0.250. The normalized spacial score (nSPS) is 26.2. The molecular formula is C19H26N2O4. The second-order valence-electron chi connectivity index (χ2n) is 7.18. The van der Waals surface area contributed by atoms with Crippen molar-refractivity contribution in [3.63, 3.8) is 0 Å². The first-order valence-corrected chi connectivity index (χ1v) is 9.19. The fraction of sp³-hybridized carbons (Fsp3) is 0.632. The quantitative estimate of drug-likeness (QED) is 0.828. The Morgan fingerprint density at radius 3 is 2.80 bits per heavy atom. The Labute approximate surface area is 148 Å². The zero-order valence-electron chi connectivity index (χ0n) is 14.8. The lowest BCUT2D eigenvalue weighted by Gasteiger charge is -2.34. The Kier molecular flexibility index (Phi) is 4.81. The number of amides is 1. The van der Waals surface area contributed by atoms with Crippen LogP contribution in [0.15, 0.2) is 18.2 Å². The molecule has 0 bridgehead atoms. The van der Waals surface area contributed by atoms with Gasteiger partial charge in [0.2, 0.25) is 12.7 Å². The first kappa shape index (κ1) is 16.7. The number of ether oxygens (including phenoxy) is 3. The van der Waals surface area contributed by atoms with Crippen molar-refractivity contribution >= 4 is 5.91 Å². The van der Waals surface area contributed by atoms with Crippen LogP contribution in [0.4, 0.5) is 0 Å². The van der Waals surface area contributed by atoms with E-state index in [-0.39, 0.29) is 12.7 Å². The number of carbonyl (C=O) groups is 1. The van der Waals surface area contributed by atoms with Crippen molar-refractivity contribution in [3.8, 4) is 11.5 Å². The summed E-state index contributed by atoms with van der Waals surface area (Å²) in [6.45, 7) is 7.83. The van der Waals surface area contributed by atoms with Gasteiger partial charge in [0.1, 0.15) is 0 Å². The predicted molar refractivity (Wildman–Crippen MR) is 92.8 cm³/mol. The molecule has 6 heteroatoms. The van der Waals surface area contributed by atoms with E-state index in [0.29, 0.717) is 18.4 Å². The summed E-state index contributed by atoms with van der Waals surface area (Å²) in [7, 11) is 0. The van der Waals surface area contributed by atoms with E-state index < -0.39 is 0 Å². The SMILES string of the molecule is CC1CN(C(=O)CCc2ccc3c(c2)OCO3)CC1N1CCOCC1. The Balaban J connectivity index is 1.31. The van der Waals surface area contributed by atoms with Crippen molar-refractivity contribution in [1.82, 2.24) is 9.80 Å². The fourth-order valence-electron chi connectivity index (χ4n) is 4.04. The lowest BCUT2D eigenvalue weighted by atomic mass is 10.0. The molecule has 2 saturated heterocycles. The van der Waals surface area contributed by atoms with Gasteiger partial charge in [-0.25, -0.2) is 0 Å². The van der Waals surface area contributed by atoms with Crippen LogP contribution in [-0.4, -0.2) is 67.9 Å². The number of rotatable bonds is 4. The highest BCUT2D eigenvalue weighted by molar-refractivity contribution is 5.77. The zero-order valence-corrected chi connectivity index (χ0v) is 14.8. The molecular weight excluding hydrogens is 320 g/mol. The number of hydrogen-bond donors (Lipinski definition) is 0. The molecule has 3 heterocycles. The molecule has 0 N–H and O–H groups in total. The zero-order chi connectivity index (χ0) is 17.2. The maximum Gasteiger partial charge on any atom is 0.231 e. The summed E-state index contributed by atoms with van der Waals surface area (Å²) >= 11 is 0. The predicted octanol–water partition coefficient (Wildman–Crippen LogP) is 1.53. The Morgan fingerprint density at radius 2 is 1.96 bits per heavy atom. The van der Waals surface area contributed by atoms with Crippen LogP contribution in [0.3, 0.4) is 0 Å². The third kappa shape index (κ3) is 3.60. The van der Waals surface area contributed by atoms with Crippen LogP contribution in [-0.2, 0) is 16.0 Å². The van der Waals surface area contributed by atoms with Crippen LogP contribution in [0.2, 0.25) is 0 Å². The molecule has 4 rings (SSSR count). The van der Waals surface area contributed by atoms with Gasteiger partial charge in [-0.15, -0.1) is 0 Å². The smallest absolute Gasteiger partial charge is 0.231 e. The van der Waals surface area contributed by atoms with Crippen LogP contribution < -0.4 is 9.47 Å². The van der Waals surface area contributed by atoms with Crippen molar-refractivity contribution < 1.29 is 19.0 Å². The molecule has 6 nitrogen and oxygen atoms in total. The van der Waals surface area contributed by atoms with Gasteiger partial charge in [0, 0.05) is 38.6 Å². The van der Waals surface area contributed by atoms with Gasteiger partial charge in [-0.05, 0) is 30.0 Å². The van der Waals surface area contributed by atoms with Crippen LogP contribution in [0.25, 0.3) is 0 Å². The van der Waals surface area contributed by atoms with Gasteiger partial charge in [0.05, 0.1) is 13.2 Å². The number of carbonyl (C=O) groups excluding carboxylic acids is 1. The number of hydrogen-bond acceptors (Lipinski definition) is 5. The molecule has 1 amide bonds. The van der Waals surface area contributed by atoms with Crippen molar-refractivity contribution in [3.05, 3.63) is 23.8 Å². The van der Waals surface area contributed by atoms with Crippen LogP contribution in [0.5, 0.6) is 11.5 Å². The van der Waals surface area contributed by atoms with Gasteiger partial charge >= 0.3 is 0 Å². The maximum absolute atomic E-state index is 12.7. The van der Waals surface area contributed by atoms with Crippen molar-refractivity contribution in [2.45, 2.75) is 25.8 Å². The van der Waals surface area contributed by atoms with Gasteiger partial charge in [0.25, 0.3) is 0 Å². The van der Waals surface area contributed by atoms with E-state index in [4.69, 9.17) is 14.2 Å². The lowest BCUT2D eigenvalue weighted by molar-refractivity contribution is -0.130. The van der Waals surface area contributed by atoms with Gasteiger partial charge < -0.3 is 19.1 Å². The molecule has 0 aliphatic carbocycles. The van der Waals surface area contributed by atoms with E-state index in [0.717, 1.165) is 62.9 Å². The highest BCUT2D eigenvalue weighted by Crippen LogP contribution is 2.33. The molecule has 2 unspecified atom stereocenters. The van der Waals surface area contributed by atoms with Gasteiger partial charge in [-0.1, -0.05) is 13.0 Å².